The minimum absolute atomic E-state index is 0.748. The molecule has 3 heteroatoms. The summed E-state index contributed by atoms with van der Waals surface area (Å²) in [6.45, 7) is 1.17. The maximum atomic E-state index is 3.54. The van der Waals surface area contributed by atoms with Crippen molar-refractivity contribution in [1.82, 2.24) is 5.32 Å². The summed E-state index contributed by atoms with van der Waals surface area (Å²) >= 11 is 3.54. The first kappa shape index (κ1) is 13.9. The van der Waals surface area contributed by atoms with Gasteiger partial charge in [-0.3, -0.25) is 0 Å². The molecule has 1 saturated carbocycles. The highest BCUT2D eigenvalue weighted by molar-refractivity contribution is 9.10. The number of nitrogens with zero attached hydrogens (tertiary/aromatic N) is 1. The van der Waals surface area contributed by atoms with Crippen molar-refractivity contribution < 1.29 is 0 Å². The molecule has 0 aromatic heterocycles. The molecule has 0 aliphatic heterocycles. The van der Waals surface area contributed by atoms with E-state index in [2.05, 4.69) is 64.5 Å². The molecule has 0 radical (unpaired) electrons. The predicted molar refractivity (Wildman–Crippen MR) is 82.2 cm³/mol. The van der Waals surface area contributed by atoms with E-state index in [1.807, 2.05) is 0 Å². The number of hydrogen-bond donors (Lipinski definition) is 1. The smallest absolute Gasteiger partial charge is 0.0375 e. The summed E-state index contributed by atoms with van der Waals surface area (Å²) in [5.74, 6) is 0.846. The molecule has 2 rings (SSSR count). The standard InChI is InChI=1S/C15H23BrN2/c1-17-14-8-6-12(7-9-14)11-18(2)15-5-3-4-13(16)10-15/h3-5,10,12,14,17H,6-9,11H2,1-2H3. The largest absolute Gasteiger partial charge is 0.374 e. The Labute approximate surface area is 119 Å². The summed E-state index contributed by atoms with van der Waals surface area (Å²) in [6, 6.07) is 9.31. The lowest BCUT2D eigenvalue weighted by atomic mass is 9.86. The maximum Gasteiger partial charge on any atom is 0.0375 e. The van der Waals surface area contributed by atoms with E-state index >= 15 is 0 Å². The summed E-state index contributed by atoms with van der Waals surface area (Å²) in [6.07, 6.45) is 5.36. The van der Waals surface area contributed by atoms with Gasteiger partial charge in [0.15, 0.2) is 0 Å². The average Bonchev–Trinajstić information content (AvgIpc) is 2.39. The van der Waals surface area contributed by atoms with E-state index in [0.717, 1.165) is 16.4 Å². The fourth-order valence-electron chi connectivity index (χ4n) is 2.84. The molecule has 1 fully saturated rings. The van der Waals surface area contributed by atoms with Gasteiger partial charge in [-0.25, -0.2) is 0 Å². The van der Waals surface area contributed by atoms with Gasteiger partial charge in [0.05, 0.1) is 0 Å². The van der Waals surface area contributed by atoms with Crippen molar-refractivity contribution in [2.75, 3.05) is 25.5 Å². The van der Waals surface area contributed by atoms with Gasteiger partial charge in [-0.1, -0.05) is 22.0 Å². The topological polar surface area (TPSA) is 15.3 Å². The highest BCUT2D eigenvalue weighted by Gasteiger charge is 2.21. The van der Waals surface area contributed by atoms with Crippen molar-refractivity contribution in [2.45, 2.75) is 31.7 Å². The molecule has 0 saturated heterocycles. The fraction of sp³-hybridized carbons (Fsp3) is 0.600. The first-order valence-corrected chi connectivity index (χ1v) is 7.62. The van der Waals surface area contributed by atoms with Crippen LogP contribution in [0.2, 0.25) is 0 Å². The lowest BCUT2D eigenvalue weighted by Crippen LogP contribution is -2.34. The first-order valence-electron chi connectivity index (χ1n) is 6.83. The van der Waals surface area contributed by atoms with Crippen LogP contribution < -0.4 is 10.2 Å². The van der Waals surface area contributed by atoms with Gasteiger partial charge in [0, 0.05) is 29.8 Å². The Morgan fingerprint density at radius 2 is 2.00 bits per heavy atom. The zero-order valence-corrected chi connectivity index (χ0v) is 12.9. The van der Waals surface area contributed by atoms with Crippen LogP contribution in [0.5, 0.6) is 0 Å². The third-order valence-electron chi connectivity index (χ3n) is 4.04. The Morgan fingerprint density at radius 1 is 1.28 bits per heavy atom. The van der Waals surface area contributed by atoms with Crippen LogP contribution >= 0.6 is 15.9 Å². The number of benzene rings is 1. The van der Waals surface area contributed by atoms with E-state index in [1.54, 1.807) is 0 Å². The lowest BCUT2D eigenvalue weighted by molar-refractivity contribution is 0.305. The van der Waals surface area contributed by atoms with E-state index < -0.39 is 0 Å². The van der Waals surface area contributed by atoms with Gasteiger partial charge < -0.3 is 10.2 Å². The summed E-state index contributed by atoms with van der Waals surface area (Å²) in [7, 11) is 4.28. The van der Waals surface area contributed by atoms with Crippen LogP contribution in [0.15, 0.2) is 28.7 Å². The quantitative estimate of drug-likeness (QED) is 0.913. The monoisotopic (exact) mass is 310 g/mol. The minimum Gasteiger partial charge on any atom is -0.374 e. The van der Waals surface area contributed by atoms with Gasteiger partial charge in [-0.15, -0.1) is 0 Å². The Balaban J connectivity index is 1.86. The van der Waals surface area contributed by atoms with E-state index in [0.29, 0.717) is 0 Å². The van der Waals surface area contributed by atoms with Gasteiger partial charge in [-0.05, 0) is 56.8 Å². The van der Waals surface area contributed by atoms with Gasteiger partial charge in [0.25, 0.3) is 0 Å². The summed E-state index contributed by atoms with van der Waals surface area (Å²) in [4.78, 5) is 2.38. The number of hydrogen-bond acceptors (Lipinski definition) is 2. The zero-order chi connectivity index (χ0) is 13.0. The molecule has 0 heterocycles. The molecule has 1 aromatic rings. The summed E-state index contributed by atoms with van der Waals surface area (Å²) in [5, 5.41) is 3.40. The van der Waals surface area contributed by atoms with Crippen molar-refractivity contribution >= 4 is 21.6 Å². The highest BCUT2D eigenvalue weighted by atomic mass is 79.9. The molecule has 100 valence electrons. The Kier molecular flexibility index (Phi) is 5.07. The van der Waals surface area contributed by atoms with Gasteiger partial charge in [0.1, 0.15) is 0 Å². The van der Waals surface area contributed by atoms with Crippen LogP contribution in [0.1, 0.15) is 25.7 Å². The van der Waals surface area contributed by atoms with Gasteiger partial charge in [0.2, 0.25) is 0 Å². The van der Waals surface area contributed by atoms with E-state index in [4.69, 9.17) is 0 Å². The van der Waals surface area contributed by atoms with Crippen LogP contribution in [0.25, 0.3) is 0 Å². The van der Waals surface area contributed by atoms with Gasteiger partial charge >= 0.3 is 0 Å². The first-order chi connectivity index (χ1) is 8.69. The van der Waals surface area contributed by atoms with Crippen LogP contribution in [-0.4, -0.2) is 26.7 Å². The molecule has 0 unspecified atom stereocenters. The molecule has 2 nitrogen and oxygen atoms in total. The molecule has 1 N–H and O–H groups in total. The molecule has 0 atom stereocenters. The van der Waals surface area contributed by atoms with Crippen molar-refractivity contribution in [3.8, 4) is 0 Å². The second kappa shape index (κ2) is 6.58. The molecule has 1 aromatic carbocycles. The van der Waals surface area contributed by atoms with E-state index in [-0.39, 0.29) is 0 Å². The fourth-order valence-corrected chi connectivity index (χ4v) is 3.23. The Hall–Kier alpha value is -0.540. The van der Waals surface area contributed by atoms with Crippen LogP contribution in [0.4, 0.5) is 5.69 Å². The van der Waals surface area contributed by atoms with E-state index in [9.17, 15) is 0 Å². The molecule has 18 heavy (non-hydrogen) atoms. The van der Waals surface area contributed by atoms with Crippen molar-refractivity contribution in [3.05, 3.63) is 28.7 Å². The van der Waals surface area contributed by atoms with Crippen molar-refractivity contribution in [3.63, 3.8) is 0 Å². The van der Waals surface area contributed by atoms with Crippen LogP contribution in [0, 0.1) is 5.92 Å². The maximum absolute atomic E-state index is 3.54. The number of rotatable bonds is 4. The molecule has 1 aliphatic rings. The molecule has 1 aliphatic carbocycles. The van der Waals surface area contributed by atoms with E-state index in [1.165, 1.54) is 37.9 Å². The lowest BCUT2D eigenvalue weighted by Gasteiger charge is -2.32. The number of anilines is 1. The Bertz CT molecular complexity index is 373. The molecule has 0 amide bonds. The number of nitrogens with one attached hydrogen (secondary N) is 1. The molecular weight excluding hydrogens is 288 g/mol. The molecule has 0 bridgehead atoms. The molecular formula is C15H23BrN2. The SMILES string of the molecule is CNC1CCC(CN(C)c2cccc(Br)c2)CC1. The zero-order valence-electron chi connectivity index (χ0n) is 11.3. The third-order valence-corrected chi connectivity index (χ3v) is 4.53. The molecule has 0 spiro atoms. The Morgan fingerprint density at radius 3 is 2.61 bits per heavy atom. The van der Waals surface area contributed by atoms with Crippen LogP contribution in [-0.2, 0) is 0 Å². The predicted octanol–water partition coefficient (Wildman–Crippen LogP) is 3.66. The summed E-state index contributed by atoms with van der Waals surface area (Å²) < 4.78 is 1.16. The van der Waals surface area contributed by atoms with Gasteiger partial charge in [-0.2, -0.15) is 0 Å². The second-order valence-corrected chi connectivity index (χ2v) is 6.28. The normalized spacial score (nSPS) is 23.9. The highest BCUT2D eigenvalue weighted by Crippen LogP contribution is 2.27. The van der Waals surface area contributed by atoms with Crippen molar-refractivity contribution in [2.24, 2.45) is 5.92 Å². The third kappa shape index (κ3) is 3.72. The summed E-state index contributed by atoms with van der Waals surface area (Å²) in [5.41, 5.74) is 1.31. The number of halogens is 1. The average molecular weight is 311 g/mol. The second-order valence-electron chi connectivity index (χ2n) is 5.37. The van der Waals surface area contributed by atoms with Crippen molar-refractivity contribution in [1.29, 1.82) is 0 Å². The minimum atomic E-state index is 0.748. The van der Waals surface area contributed by atoms with Crippen LogP contribution in [0.3, 0.4) is 0 Å².